The fraction of sp³-hybridized carbons (Fsp3) is 0.200. The Morgan fingerprint density at radius 2 is 1.71 bits per heavy atom. The number of methoxy groups -OCH3 is 2. The second kappa shape index (κ2) is 7.25. The molecule has 0 aliphatic rings. The maximum Gasteiger partial charge on any atom is 0.145 e. The summed E-state index contributed by atoms with van der Waals surface area (Å²) in [5.74, 6) is 1.25. The predicted octanol–water partition coefficient (Wildman–Crippen LogP) is 5.39. The van der Waals surface area contributed by atoms with Gasteiger partial charge in [0.25, 0.3) is 0 Å². The van der Waals surface area contributed by atoms with Crippen molar-refractivity contribution in [3.05, 3.63) is 50.4 Å². The summed E-state index contributed by atoms with van der Waals surface area (Å²) in [5.41, 5.74) is 1.88. The van der Waals surface area contributed by atoms with Crippen LogP contribution in [0, 0.1) is 0 Å². The first kappa shape index (κ1) is 16.3. The third kappa shape index (κ3) is 3.96. The second-order valence-electron chi connectivity index (χ2n) is 4.29. The molecule has 2 aromatic rings. The first-order chi connectivity index (χ1) is 10.0. The highest BCUT2D eigenvalue weighted by Gasteiger charge is 2.10. The molecule has 0 unspecified atom stereocenters. The summed E-state index contributed by atoms with van der Waals surface area (Å²) >= 11 is 15.5. The number of rotatable bonds is 5. The Hall–Kier alpha value is -1.10. The van der Waals surface area contributed by atoms with Crippen molar-refractivity contribution in [2.75, 3.05) is 19.5 Å². The predicted molar refractivity (Wildman–Crippen MR) is 91.0 cm³/mol. The van der Waals surface area contributed by atoms with Gasteiger partial charge in [0.2, 0.25) is 0 Å². The highest BCUT2D eigenvalue weighted by Crippen LogP contribution is 2.36. The Labute approximate surface area is 142 Å². The number of hydrogen-bond acceptors (Lipinski definition) is 3. The quantitative estimate of drug-likeness (QED) is 0.742. The summed E-state index contributed by atoms with van der Waals surface area (Å²) in [6.45, 7) is 0.620. The zero-order chi connectivity index (χ0) is 15.4. The van der Waals surface area contributed by atoms with Gasteiger partial charge in [-0.1, -0.05) is 29.3 Å². The van der Waals surface area contributed by atoms with E-state index in [1.54, 1.807) is 26.4 Å². The van der Waals surface area contributed by atoms with E-state index in [1.807, 2.05) is 18.2 Å². The topological polar surface area (TPSA) is 30.5 Å². The zero-order valence-electron chi connectivity index (χ0n) is 11.5. The molecule has 6 heteroatoms. The number of ether oxygens (including phenoxy) is 2. The summed E-state index contributed by atoms with van der Waals surface area (Å²) in [7, 11) is 3.17. The molecule has 112 valence electrons. The molecule has 0 fully saturated rings. The van der Waals surface area contributed by atoms with Crippen LogP contribution in [0.3, 0.4) is 0 Å². The maximum absolute atomic E-state index is 6.14. The lowest BCUT2D eigenvalue weighted by Gasteiger charge is -2.14. The smallest absolute Gasteiger partial charge is 0.145 e. The van der Waals surface area contributed by atoms with Crippen molar-refractivity contribution in [3.63, 3.8) is 0 Å². The largest absolute Gasteiger partial charge is 0.495 e. The molecule has 0 saturated carbocycles. The fourth-order valence-electron chi connectivity index (χ4n) is 1.85. The summed E-state index contributed by atoms with van der Waals surface area (Å²) in [4.78, 5) is 0. The molecular formula is C15H14BrCl2NO2. The summed E-state index contributed by atoms with van der Waals surface area (Å²) in [5, 5.41) is 4.50. The summed E-state index contributed by atoms with van der Waals surface area (Å²) in [6.07, 6.45) is 0. The molecule has 21 heavy (non-hydrogen) atoms. The van der Waals surface area contributed by atoms with Crippen molar-refractivity contribution in [2.45, 2.75) is 6.54 Å². The van der Waals surface area contributed by atoms with Gasteiger partial charge >= 0.3 is 0 Å². The Morgan fingerprint density at radius 3 is 2.33 bits per heavy atom. The number of halogens is 3. The monoisotopic (exact) mass is 389 g/mol. The molecule has 0 saturated heterocycles. The third-order valence-corrected chi connectivity index (χ3v) is 4.45. The molecule has 0 aliphatic heterocycles. The van der Waals surface area contributed by atoms with Crippen LogP contribution in [-0.4, -0.2) is 14.2 Å². The van der Waals surface area contributed by atoms with Crippen molar-refractivity contribution in [1.29, 1.82) is 0 Å². The molecular weight excluding hydrogens is 377 g/mol. The van der Waals surface area contributed by atoms with Gasteiger partial charge < -0.3 is 14.8 Å². The van der Waals surface area contributed by atoms with Crippen LogP contribution in [0.2, 0.25) is 10.0 Å². The lowest BCUT2D eigenvalue weighted by Crippen LogP contribution is -2.02. The molecule has 0 bridgehead atoms. The van der Waals surface area contributed by atoms with Crippen molar-refractivity contribution in [3.8, 4) is 11.5 Å². The normalized spacial score (nSPS) is 10.3. The highest BCUT2D eigenvalue weighted by molar-refractivity contribution is 9.10. The van der Waals surface area contributed by atoms with Crippen LogP contribution in [0.15, 0.2) is 34.8 Å². The number of benzene rings is 2. The van der Waals surface area contributed by atoms with Crippen LogP contribution in [0.5, 0.6) is 11.5 Å². The molecule has 0 spiro atoms. The van der Waals surface area contributed by atoms with E-state index in [-0.39, 0.29) is 0 Å². The minimum Gasteiger partial charge on any atom is -0.495 e. The Morgan fingerprint density at radius 1 is 1.00 bits per heavy atom. The van der Waals surface area contributed by atoms with Gasteiger partial charge in [0, 0.05) is 17.1 Å². The van der Waals surface area contributed by atoms with Crippen LogP contribution < -0.4 is 14.8 Å². The molecule has 0 aromatic heterocycles. The van der Waals surface area contributed by atoms with E-state index in [2.05, 4.69) is 21.2 Å². The molecule has 0 radical (unpaired) electrons. The second-order valence-corrected chi connectivity index (χ2v) is 5.96. The van der Waals surface area contributed by atoms with Crippen LogP contribution >= 0.6 is 39.1 Å². The van der Waals surface area contributed by atoms with E-state index in [9.17, 15) is 0 Å². The van der Waals surface area contributed by atoms with Gasteiger partial charge in [-0.15, -0.1) is 0 Å². The number of anilines is 1. The van der Waals surface area contributed by atoms with Crippen molar-refractivity contribution in [1.82, 2.24) is 0 Å². The maximum atomic E-state index is 6.14. The molecule has 0 atom stereocenters. The van der Waals surface area contributed by atoms with Crippen LogP contribution in [0.25, 0.3) is 0 Å². The van der Waals surface area contributed by atoms with Gasteiger partial charge in [0.15, 0.2) is 0 Å². The first-order valence-corrected chi connectivity index (χ1v) is 7.69. The van der Waals surface area contributed by atoms with Crippen LogP contribution in [0.4, 0.5) is 5.69 Å². The van der Waals surface area contributed by atoms with Gasteiger partial charge in [-0.25, -0.2) is 0 Å². The SMILES string of the molecule is COc1cc(OC)c(NCc2ccc(Cl)c(Br)c2)cc1Cl. The van der Waals surface area contributed by atoms with Crippen LogP contribution in [0.1, 0.15) is 5.56 Å². The highest BCUT2D eigenvalue weighted by atomic mass is 79.9. The van der Waals surface area contributed by atoms with Gasteiger partial charge in [0.1, 0.15) is 11.5 Å². The summed E-state index contributed by atoms with van der Waals surface area (Å²) < 4.78 is 11.4. The van der Waals surface area contributed by atoms with E-state index in [0.717, 1.165) is 15.7 Å². The standard InChI is InChI=1S/C15H14BrCl2NO2/c1-20-14-7-15(21-2)13(6-12(14)18)19-8-9-3-4-11(17)10(16)5-9/h3-7,19H,8H2,1-2H3. The zero-order valence-corrected chi connectivity index (χ0v) is 14.6. The minimum absolute atomic E-state index is 0.526. The van der Waals surface area contributed by atoms with Gasteiger partial charge in [-0.05, 0) is 39.7 Å². The Bertz CT molecular complexity index is 650. The fourth-order valence-corrected chi connectivity index (χ4v) is 2.63. The molecule has 2 rings (SSSR count). The molecule has 2 aromatic carbocycles. The first-order valence-electron chi connectivity index (χ1n) is 6.14. The van der Waals surface area contributed by atoms with E-state index >= 15 is 0 Å². The van der Waals surface area contributed by atoms with E-state index in [1.165, 1.54) is 0 Å². The summed E-state index contributed by atoms with van der Waals surface area (Å²) in [6, 6.07) is 9.30. The molecule has 0 aliphatic carbocycles. The van der Waals surface area contributed by atoms with Gasteiger partial charge in [0.05, 0.1) is 30.0 Å². The van der Waals surface area contributed by atoms with Crippen molar-refractivity contribution < 1.29 is 9.47 Å². The van der Waals surface area contributed by atoms with Gasteiger partial charge in [-0.2, -0.15) is 0 Å². The molecule has 0 heterocycles. The average molecular weight is 391 g/mol. The minimum atomic E-state index is 0.526. The van der Waals surface area contributed by atoms with E-state index < -0.39 is 0 Å². The average Bonchev–Trinajstić information content (AvgIpc) is 2.48. The molecule has 0 amide bonds. The third-order valence-electron chi connectivity index (χ3n) is 2.94. The number of nitrogens with one attached hydrogen (secondary N) is 1. The Kier molecular flexibility index (Phi) is 5.62. The lowest BCUT2D eigenvalue weighted by atomic mass is 10.2. The Balaban J connectivity index is 2.19. The van der Waals surface area contributed by atoms with E-state index in [0.29, 0.717) is 28.1 Å². The molecule has 1 N–H and O–H groups in total. The molecule has 3 nitrogen and oxygen atoms in total. The number of hydrogen-bond donors (Lipinski definition) is 1. The van der Waals surface area contributed by atoms with E-state index in [4.69, 9.17) is 32.7 Å². The van der Waals surface area contributed by atoms with Crippen molar-refractivity contribution in [2.24, 2.45) is 0 Å². The van der Waals surface area contributed by atoms with Crippen LogP contribution in [-0.2, 0) is 6.54 Å². The van der Waals surface area contributed by atoms with Crippen molar-refractivity contribution >= 4 is 44.8 Å². The van der Waals surface area contributed by atoms with Gasteiger partial charge in [-0.3, -0.25) is 0 Å². The lowest BCUT2D eigenvalue weighted by molar-refractivity contribution is 0.395.